The van der Waals surface area contributed by atoms with E-state index < -0.39 is 0 Å². The predicted molar refractivity (Wildman–Crippen MR) is 98.2 cm³/mol. The van der Waals surface area contributed by atoms with E-state index in [2.05, 4.69) is 6.08 Å². The molecule has 0 fully saturated rings. The number of benzene rings is 2. The molecular formula is C19H19ClN2O3. The molecule has 0 amide bonds. The molecule has 1 N–H and O–H groups in total. The quantitative estimate of drug-likeness (QED) is 0.826. The summed E-state index contributed by atoms with van der Waals surface area (Å²) in [4.78, 5) is 11.9. The molecule has 6 heteroatoms. The number of carbonyl (C=O) groups excluding carboxylic acids is 1. The number of esters is 1. The van der Waals surface area contributed by atoms with Crippen molar-refractivity contribution >= 4 is 29.0 Å². The van der Waals surface area contributed by atoms with Gasteiger partial charge in [-0.25, -0.2) is 5.01 Å². The number of hydrogen-bond donors (Lipinski definition) is 1. The zero-order chi connectivity index (χ0) is 17.8. The number of anilines is 1. The third-order valence-electron chi connectivity index (χ3n) is 3.86. The molecule has 2 aromatic rings. The Kier molecular flexibility index (Phi) is 5.26. The van der Waals surface area contributed by atoms with E-state index in [1.165, 1.54) is 0 Å². The molecule has 0 unspecified atom stereocenters. The predicted octanol–water partition coefficient (Wildman–Crippen LogP) is 3.69. The molecule has 0 radical (unpaired) electrons. The number of nitrogens with zero attached hydrogens (tertiary/aromatic N) is 2. The summed E-state index contributed by atoms with van der Waals surface area (Å²) in [6.07, 6.45) is 2.05. The topological polar surface area (TPSA) is 53.0 Å². The lowest BCUT2D eigenvalue weighted by Gasteiger charge is -2.32. The molecule has 0 bridgehead atoms. The molecule has 0 atom stereocenters. The van der Waals surface area contributed by atoms with Crippen molar-refractivity contribution < 1.29 is 14.6 Å². The molecule has 2 aromatic carbocycles. The highest BCUT2D eigenvalue weighted by Gasteiger charge is 2.28. The Balaban J connectivity index is 1.92. The monoisotopic (exact) mass is 358 g/mol. The van der Waals surface area contributed by atoms with E-state index in [0.717, 1.165) is 16.9 Å². The lowest BCUT2D eigenvalue weighted by molar-refractivity contribution is -0.144. The van der Waals surface area contributed by atoms with Gasteiger partial charge < -0.3 is 9.84 Å². The third kappa shape index (κ3) is 3.95. The van der Waals surface area contributed by atoms with Crippen LogP contribution in [0.4, 0.5) is 5.69 Å². The third-order valence-corrected chi connectivity index (χ3v) is 4.11. The highest BCUT2D eigenvalue weighted by Crippen LogP contribution is 2.33. The summed E-state index contributed by atoms with van der Waals surface area (Å²) in [5, 5.41) is 14.1. The van der Waals surface area contributed by atoms with Crippen LogP contribution in [0, 0.1) is 0 Å². The minimum Gasteiger partial charge on any atom is -0.508 e. The molecule has 1 aliphatic heterocycles. The van der Waals surface area contributed by atoms with Crippen LogP contribution in [-0.4, -0.2) is 35.8 Å². The lowest BCUT2D eigenvalue weighted by atomic mass is 10.1. The first-order chi connectivity index (χ1) is 12.1. The summed E-state index contributed by atoms with van der Waals surface area (Å²) in [7, 11) is 0. The van der Waals surface area contributed by atoms with Crippen molar-refractivity contribution in [3.63, 3.8) is 0 Å². The Hall–Kier alpha value is -2.50. The first-order valence-corrected chi connectivity index (χ1v) is 8.42. The molecule has 0 spiro atoms. The molecule has 0 saturated heterocycles. The smallest absolute Gasteiger partial charge is 0.322 e. The maximum absolute atomic E-state index is 11.9. The van der Waals surface area contributed by atoms with Crippen molar-refractivity contribution in [2.24, 2.45) is 0 Å². The van der Waals surface area contributed by atoms with Gasteiger partial charge in [0.05, 0.1) is 18.0 Å². The lowest BCUT2D eigenvalue weighted by Crippen LogP contribution is -2.41. The summed E-state index contributed by atoms with van der Waals surface area (Å²) in [5.41, 5.74) is 2.79. The fourth-order valence-corrected chi connectivity index (χ4v) is 2.89. The summed E-state index contributed by atoms with van der Waals surface area (Å²) < 4.78 is 5.08. The molecule has 1 aliphatic rings. The van der Waals surface area contributed by atoms with Gasteiger partial charge in [0.25, 0.3) is 0 Å². The van der Waals surface area contributed by atoms with Gasteiger partial charge in [-0.2, -0.15) is 0 Å². The molecule has 0 saturated carbocycles. The second kappa shape index (κ2) is 7.59. The maximum atomic E-state index is 11.9. The van der Waals surface area contributed by atoms with Gasteiger partial charge in [0, 0.05) is 11.6 Å². The molecule has 0 aliphatic carbocycles. The van der Waals surface area contributed by atoms with Crippen LogP contribution in [0.5, 0.6) is 5.75 Å². The molecule has 5 nitrogen and oxygen atoms in total. The summed E-state index contributed by atoms with van der Waals surface area (Å²) in [5.74, 6) is -0.0889. The minimum absolute atomic E-state index is 0.141. The number of ether oxygens (including phenoxy) is 1. The van der Waals surface area contributed by atoms with Gasteiger partial charge >= 0.3 is 5.97 Å². The average molecular weight is 359 g/mol. The second-order valence-electron chi connectivity index (χ2n) is 5.58. The van der Waals surface area contributed by atoms with Crippen molar-refractivity contribution in [2.45, 2.75) is 6.92 Å². The van der Waals surface area contributed by atoms with Gasteiger partial charge in [0.15, 0.2) is 0 Å². The van der Waals surface area contributed by atoms with Gasteiger partial charge in [-0.3, -0.25) is 9.80 Å². The largest absolute Gasteiger partial charge is 0.508 e. The van der Waals surface area contributed by atoms with E-state index in [1.54, 1.807) is 19.1 Å². The number of halogens is 1. The van der Waals surface area contributed by atoms with Crippen LogP contribution in [0.2, 0.25) is 5.02 Å². The first-order valence-electron chi connectivity index (χ1n) is 8.04. The Labute approximate surface area is 151 Å². The maximum Gasteiger partial charge on any atom is 0.322 e. The van der Waals surface area contributed by atoms with E-state index in [-0.39, 0.29) is 18.3 Å². The van der Waals surface area contributed by atoms with Crippen molar-refractivity contribution in [1.82, 2.24) is 5.01 Å². The van der Waals surface area contributed by atoms with Gasteiger partial charge in [0.2, 0.25) is 0 Å². The van der Waals surface area contributed by atoms with Crippen LogP contribution in [0.1, 0.15) is 12.5 Å². The van der Waals surface area contributed by atoms with E-state index >= 15 is 0 Å². The zero-order valence-electron chi connectivity index (χ0n) is 13.9. The number of phenolic OH excluding ortho intramolecular Hbond substituents is 1. The normalized spacial score (nSPS) is 14.5. The molecule has 3 rings (SSSR count). The Bertz CT molecular complexity index is 772. The van der Waals surface area contributed by atoms with Gasteiger partial charge in [-0.15, -0.1) is 0 Å². The Morgan fingerprint density at radius 2 is 1.84 bits per heavy atom. The van der Waals surface area contributed by atoms with Crippen LogP contribution in [-0.2, 0) is 9.53 Å². The van der Waals surface area contributed by atoms with E-state index in [1.807, 2.05) is 46.4 Å². The second-order valence-corrected chi connectivity index (χ2v) is 6.01. The van der Waals surface area contributed by atoms with Crippen LogP contribution >= 0.6 is 11.6 Å². The number of aromatic hydroxyl groups is 1. The van der Waals surface area contributed by atoms with Crippen molar-refractivity contribution in [3.8, 4) is 5.75 Å². The van der Waals surface area contributed by atoms with Crippen LogP contribution in [0.15, 0.2) is 54.6 Å². The van der Waals surface area contributed by atoms with Crippen molar-refractivity contribution in [2.75, 3.05) is 24.7 Å². The average Bonchev–Trinajstić information content (AvgIpc) is 3.00. The van der Waals surface area contributed by atoms with Gasteiger partial charge in [-0.05, 0) is 55.0 Å². The highest BCUT2D eigenvalue weighted by molar-refractivity contribution is 6.30. The molecule has 130 valence electrons. The van der Waals surface area contributed by atoms with Crippen molar-refractivity contribution in [1.29, 1.82) is 0 Å². The van der Waals surface area contributed by atoms with E-state index in [9.17, 15) is 9.90 Å². The van der Waals surface area contributed by atoms with E-state index in [4.69, 9.17) is 16.3 Å². The number of hydrogen-bond acceptors (Lipinski definition) is 5. The van der Waals surface area contributed by atoms with E-state index in [0.29, 0.717) is 18.2 Å². The number of carbonyl (C=O) groups is 1. The highest BCUT2D eigenvalue weighted by atomic mass is 35.5. The molecule has 0 aromatic heterocycles. The SMILES string of the molecule is CCOC(=O)CN1CC=C(c2ccc(Cl)cc2)N1c1ccc(O)cc1. The fraction of sp³-hybridized carbons (Fsp3) is 0.211. The standard InChI is InChI=1S/C19H19ClN2O3/c1-2-25-19(24)13-21-12-11-18(14-3-5-15(20)6-4-14)22(21)16-7-9-17(23)10-8-16/h3-11,23H,2,12-13H2,1H3. The summed E-state index contributed by atoms with van der Waals surface area (Å²) in [6, 6.07) is 14.4. The van der Waals surface area contributed by atoms with Crippen LogP contribution in [0.3, 0.4) is 0 Å². The van der Waals surface area contributed by atoms with Crippen LogP contribution < -0.4 is 5.01 Å². The van der Waals surface area contributed by atoms with Crippen molar-refractivity contribution in [3.05, 3.63) is 65.2 Å². The molecule has 1 heterocycles. The molecular weight excluding hydrogens is 340 g/mol. The first kappa shape index (κ1) is 17.3. The Morgan fingerprint density at radius 3 is 2.48 bits per heavy atom. The summed E-state index contributed by atoms with van der Waals surface area (Å²) >= 11 is 5.99. The van der Waals surface area contributed by atoms with Crippen LogP contribution in [0.25, 0.3) is 5.70 Å². The number of phenols is 1. The van der Waals surface area contributed by atoms with Gasteiger partial charge in [0.1, 0.15) is 12.3 Å². The summed E-state index contributed by atoms with van der Waals surface area (Å²) in [6.45, 7) is 2.86. The number of hydrazine groups is 1. The number of rotatable bonds is 5. The fourth-order valence-electron chi connectivity index (χ4n) is 2.76. The Morgan fingerprint density at radius 1 is 1.16 bits per heavy atom. The zero-order valence-corrected chi connectivity index (χ0v) is 14.6. The van der Waals surface area contributed by atoms with Gasteiger partial charge in [-0.1, -0.05) is 23.7 Å². The molecule has 25 heavy (non-hydrogen) atoms. The minimum atomic E-state index is -0.281.